The topological polar surface area (TPSA) is 20.2 Å². The first-order valence-electron chi connectivity index (χ1n) is 12.9. The summed E-state index contributed by atoms with van der Waals surface area (Å²) < 4.78 is 0. The molecule has 1 nitrogen and oxygen atoms in total. The normalized spacial score (nSPS) is 42.2. The predicted molar refractivity (Wildman–Crippen MR) is 128 cm³/mol. The first-order chi connectivity index (χ1) is 14.2. The van der Waals surface area contributed by atoms with Gasteiger partial charge in [-0.1, -0.05) is 58.4 Å². The van der Waals surface area contributed by atoms with Gasteiger partial charge in [0.1, 0.15) is 0 Å². The SMILES string of the molecule is C/C=C(\CC[C@@H](C)[C@H]1CC[C@H]2C3=CC[C@H]4C[C@@H](O)CC[C@]4(C)C3=CC[C@]12C)C(C)C. The van der Waals surface area contributed by atoms with E-state index in [9.17, 15) is 5.11 Å². The van der Waals surface area contributed by atoms with Crippen LogP contribution in [0.3, 0.4) is 0 Å². The number of hydrogen-bond donors (Lipinski definition) is 1. The van der Waals surface area contributed by atoms with Crippen molar-refractivity contribution in [3.8, 4) is 0 Å². The van der Waals surface area contributed by atoms with Gasteiger partial charge in [0.05, 0.1) is 6.10 Å². The molecule has 4 aliphatic rings. The van der Waals surface area contributed by atoms with Crippen LogP contribution in [0.5, 0.6) is 0 Å². The van der Waals surface area contributed by atoms with Crippen molar-refractivity contribution in [3.05, 3.63) is 34.9 Å². The molecule has 4 rings (SSSR count). The lowest BCUT2D eigenvalue weighted by Gasteiger charge is -2.53. The second kappa shape index (κ2) is 8.27. The molecule has 1 heteroatoms. The quantitative estimate of drug-likeness (QED) is 0.457. The van der Waals surface area contributed by atoms with E-state index < -0.39 is 0 Å². The zero-order valence-electron chi connectivity index (χ0n) is 20.5. The molecule has 7 atom stereocenters. The molecule has 0 radical (unpaired) electrons. The van der Waals surface area contributed by atoms with Gasteiger partial charge < -0.3 is 5.11 Å². The first kappa shape index (κ1) is 22.4. The molecule has 4 aliphatic carbocycles. The lowest BCUT2D eigenvalue weighted by molar-refractivity contribution is 0.0310. The standard InChI is InChI=1S/C29H46O/c1-7-21(19(2)3)9-8-20(4)25-12-13-26-24-11-10-22-18-23(30)14-16-28(22,5)27(24)15-17-29(25,26)6/h7,11,15,19-20,22-23,25-26,30H,8-10,12-14,16-18H2,1-6H3/b21-7+/t20-,22+,23+,25-,26+,28+,29-/m1/s1. The second-order valence-electron chi connectivity index (χ2n) is 12.0. The van der Waals surface area contributed by atoms with Gasteiger partial charge in [0.2, 0.25) is 0 Å². The molecule has 0 saturated heterocycles. The molecular formula is C29H46O. The zero-order chi connectivity index (χ0) is 21.7. The Hall–Kier alpha value is -0.820. The van der Waals surface area contributed by atoms with Crippen LogP contribution in [0, 0.1) is 40.4 Å². The Morgan fingerprint density at radius 3 is 2.63 bits per heavy atom. The molecule has 0 aromatic rings. The van der Waals surface area contributed by atoms with Crippen LogP contribution in [0.4, 0.5) is 0 Å². The molecule has 30 heavy (non-hydrogen) atoms. The Kier molecular flexibility index (Phi) is 6.17. The fourth-order valence-corrected chi connectivity index (χ4v) is 8.16. The number of allylic oxidation sites excluding steroid dienone is 6. The monoisotopic (exact) mass is 410 g/mol. The van der Waals surface area contributed by atoms with E-state index in [-0.39, 0.29) is 6.10 Å². The summed E-state index contributed by atoms with van der Waals surface area (Å²) in [5.41, 5.74) is 5.81. The number of aliphatic hydroxyl groups is 1. The van der Waals surface area contributed by atoms with Gasteiger partial charge in [-0.3, -0.25) is 0 Å². The van der Waals surface area contributed by atoms with Crippen LogP contribution in [0.25, 0.3) is 0 Å². The van der Waals surface area contributed by atoms with Crippen molar-refractivity contribution in [1.29, 1.82) is 0 Å². The van der Waals surface area contributed by atoms with Crippen molar-refractivity contribution in [1.82, 2.24) is 0 Å². The van der Waals surface area contributed by atoms with E-state index in [0.717, 1.165) is 30.6 Å². The average Bonchev–Trinajstić information content (AvgIpc) is 3.06. The van der Waals surface area contributed by atoms with E-state index in [2.05, 4.69) is 59.8 Å². The van der Waals surface area contributed by atoms with Crippen molar-refractivity contribution in [2.75, 3.05) is 0 Å². The third kappa shape index (κ3) is 3.58. The minimum absolute atomic E-state index is 0.0721. The summed E-state index contributed by atoms with van der Waals surface area (Å²) in [6.45, 7) is 14.6. The summed E-state index contributed by atoms with van der Waals surface area (Å²) >= 11 is 0. The minimum Gasteiger partial charge on any atom is -0.393 e. The molecule has 0 heterocycles. The summed E-state index contributed by atoms with van der Waals surface area (Å²) in [6, 6.07) is 0. The summed E-state index contributed by atoms with van der Waals surface area (Å²) in [5, 5.41) is 10.2. The molecule has 168 valence electrons. The van der Waals surface area contributed by atoms with E-state index in [4.69, 9.17) is 0 Å². The summed E-state index contributed by atoms with van der Waals surface area (Å²) in [4.78, 5) is 0. The molecule has 0 spiro atoms. The van der Waals surface area contributed by atoms with E-state index in [1.165, 1.54) is 44.9 Å². The molecule has 2 fully saturated rings. The Bertz CT molecular complexity index is 739. The number of fused-ring (bicyclic) bond motifs is 5. The largest absolute Gasteiger partial charge is 0.393 e. The predicted octanol–water partition coefficient (Wildman–Crippen LogP) is 7.87. The van der Waals surface area contributed by atoms with Gasteiger partial charge in [0, 0.05) is 0 Å². The van der Waals surface area contributed by atoms with Gasteiger partial charge >= 0.3 is 0 Å². The molecular weight excluding hydrogens is 364 g/mol. The van der Waals surface area contributed by atoms with E-state index in [1.54, 1.807) is 16.7 Å². The van der Waals surface area contributed by atoms with Crippen LogP contribution in [-0.4, -0.2) is 11.2 Å². The van der Waals surface area contributed by atoms with Gasteiger partial charge in [0.25, 0.3) is 0 Å². The zero-order valence-corrected chi connectivity index (χ0v) is 20.5. The molecule has 0 aliphatic heterocycles. The molecule has 0 aromatic carbocycles. The smallest absolute Gasteiger partial charge is 0.0543 e. The highest BCUT2D eigenvalue weighted by atomic mass is 16.3. The highest BCUT2D eigenvalue weighted by molar-refractivity contribution is 5.46. The first-order valence-corrected chi connectivity index (χ1v) is 12.9. The molecule has 2 saturated carbocycles. The Balaban J connectivity index is 1.53. The molecule has 0 aromatic heterocycles. The van der Waals surface area contributed by atoms with Gasteiger partial charge in [-0.2, -0.15) is 0 Å². The van der Waals surface area contributed by atoms with Crippen LogP contribution >= 0.6 is 0 Å². The van der Waals surface area contributed by atoms with Crippen molar-refractivity contribution in [2.45, 2.75) is 105 Å². The lowest BCUT2D eigenvalue weighted by Crippen LogP contribution is -2.44. The van der Waals surface area contributed by atoms with Crippen LogP contribution in [-0.2, 0) is 0 Å². The molecule has 0 unspecified atom stereocenters. The Morgan fingerprint density at radius 2 is 1.93 bits per heavy atom. The van der Waals surface area contributed by atoms with Crippen molar-refractivity contribution >= 4 is 0 Å². The van der Waals surface area contributed by atoms with Crippen LogP contribution in [0.1, 0.15) is 99.3 Å². The lowest BCUT2D eigenvalue weighted by atomic mass is 9.51. The van der Waals surface area contributed by atoms with Crippen molar-refractivity contribution in [2.24, 2.45) is 40.4 Å². The van der Waals surface area contributed by atoms with E-state index in [1.807, 2.05) is 0 Å². The van der Waals surface area contributed by atoms with E-state index in [0.29, 0.717) is 22.7 Å². The average molecular weight is 411 g/mol. The van der Waals surface area contributed by atoms with Crippen LogP contribution in [0.2, 0.25) is 0 Å². The highest BCUT2D eigenvalue weighted by Gasteiger charge is 2.55. The van der Waals surface area contributed by atoms with Gasteiger partial charge in [-0.25, -0.2) is 0 Å². The summed E-state index contributed by atoms with van der Waals surface area (Å²) in [7, 11) is 0. The minimum atomic E-state index is -0.0721. The number of hydrogen-bond acceptors (Lipinski definition) is 1. The maximum Gasteiger partial charge on any atom is 0.0543 e. The highest BCUT2D eigenvalue weighted by Crippen LogP contribution is 2.65. The fourth-order valence-electron chi connectivity index (χ4n) is 8.16. The van der Waals surface area contributed by atoms with Crippen molar-refractivity contribution < 1.29 is 5.11 Å². The van der Waals surface area contributed by atoms with Crippen LogP contribution in [0.15, 0.2) is 34.9 Å². The van der Waals surface area contributed by atoms with Crippen molar-refractivity contribution in [3.63, 3.8) is 0 Å². The van der Waals surface area contributed by atoms with Crippen LogP contribution < -0.4 is 0 Å². The Labute approximate surface area is 186 Å². The molecule has 0 amide bonds. The Morgan fingerprint density at radius 1 is 1.17 bits per heavy atom. The van der Waals surface area contributed by atoms with Gasteiger partial charge in [0.15, 0.2) is 0 Å². The fraction of sp³-hybridized carbons (Fsp3) is 0.793. The maximum atomic E-state index is 10.2. The van der Waals surface area contributed by atoms with Gasteiger partial charge in [-0.05, 0) is 116 Å². The number of rotatable bonds is 5. The molecule has 1 N–H and O–H groups in total. The summed E-state index contributed by atoms with van der Waals surface area (Å²) in [5.74, 6) is 3.75. The van der Waals surface area contributed by atoms with E-state index >= 15 is 0 Å². The second-order valence-corrected chi connectivity index (χ2v) is 12.0. The third-order valence-electron chi connectivity index (χ3n) is 10.2. The number of aliphatic hydroxyl groups excluding tert-OH is 1. The third-order valence-corrected chi connectivity index (χ3v) is 10.2. The van der Waals surface area contributed by atoms with Gasteiger partial charge in [-0.15, -0.1) is 0 Å². The molecule has 0 bridgehead atoms. The maximum absolute atomic E-state index is 10.2. The summed E-state index contributed by atoms with van der Waals surface area (Å²) in [6.07, 6.45) is 18.6.